The summed E-state index contributed by atoms with van der Waals surface area (Å²) in [5.74, 6) is 0. The van der Waals surface area contributed by atoms with Crippen LogP contribution < -0.4 is 5.32 Å². The van der Waals surface area contributed by atoms with Gasteiger partial charge in [0.1, 0.15) is 5.60 Å². The number of azo groups is 1. The highest BCUT2D eigenvalue weighted by Crippen LogP contribution is 2.18. The van der Waals surface area contributed by atoms with E-state index in [2.05, 4.69) is 39.6 Å². The minimum Gasteiger partial charge on any atom is -0.444 e. The fourth-order valence-corrected chi connectivity index (χ4v) is 2.62. The number of ether oxygens (including phenoxy) is 1. The third-order valence-corrected chi connectivity index (χ3v) is 4.14. The molecular formula is C23H32N4O2. The Bertz CT molecular complexity index is 768. The molecule has 0 atom stereocenters. The highest BCUT2D eigenvalue weighted by atomic mass is 16.6. The molecule has 156 valence electrons. The first-order chi connectivity index (χ1) is 13.8. The topological polar surface area (TPSA) is 66.3 Å². The minimum atomic E-state index is -0.459. The van der Waals surface area contributed by atoms with Gasteiger partial charge < -0.3 is 15.0 Å². The summed E-state index contributed by atoms with van der Waals surface area (Å²) in [6.07, 6.45) is 1.49. The van der Waals surface area contributed by atoms with Crippen molar-refractivity contribution >= 4 is 17.5 Å². The van der Waals surface area contributed by atoms with E-state index in [0.717, 1.165) is 37.3 Å². The molecule has 0 aliphatic heterocycles. The summed E-state index contributed by atoms with van der Waals surface area (Å²) in [5, 5.41) is 11.3. The summed E-state index contributed by atoms with van der Waals surface area (Å²) in [4.78, 5) is 13.9. The molecule has 2 rings (SSSR count). The summed E-state index contributed by atoms with van der Waals surface area (Å²) in [7, 11) is 2.09. The van der Waals surface area contributed by atoms with E-state index in [4.69, 9.17) is 4.74 Å². The van der Waals surface area contributed by atoms with Crippen LogP contribution in [0.3, 0.4) is 0 Å². The third kappa shape index (κ3) is 9.85. The number of alkyl carbamates (subject to hydrolysis) is 1. The Morgan fingerprint density at radius 1 is 0.966 bits per heavy atom. The van der Waals surface area contributed by atoms with Crippen LogP contribution in [0.4, 0.5) is 16.2 Å². The Morgan fingerprint density at radius 2 is 1.59 bits per heavy atom. The second kappa shape index (κ2) is 11.3. The molecule has 0 aliphatic rings. The maximum Gasteiger partial charge on any atom is 0.407 e. The molecule has 29 heavy (non-hydrogen) atoms. The average Bonchev–Trinajstić information content (AvgIpc) is 2.68. The van der Waals surface area contributed by atoms with E-state index in [1.807, 2.05) is 63.2 Å². The van der Waals surface area contributed by atoms with Crippen molar-refractivity contribution in [3.8, 4) is 0 Å². The van der Waals surface area contributed by atoms with Crippen molar-refractivity contribution in [3.05, 3.63) is 60.2 Å². The molecule has 2 aromatic carbocycles. The van der Waals surface area contributed by atoms with Crippen LogP contribution in [0, 0.1) is 0 Å². The van der Waals surface area contributed by atoms with Crippen molar-refractivity contribution in [2.45, 2.75) is 39.2 Å². The van der Waals surface area contributed by atoms with Crippen molar-refractivity contribution in [1.82, 2.24) is 10.2 Å². The van der Waals surface area contributed by atoms with Gasteiger partial charge in [0.2, 0.25) is 0 Å². The maximum atomic E-state index is 11.6. The van der Waals surface area contributed by atoms with E-state index in [1.165, 1.54) is 5.56 Å². The van der Waals surface area contributed by atoms with Gasteiger partial charge in [-0.15, -0.1) is 0 Å². The molecule has 0 aliphatic carbocycles. The number of carbonyl (C=O) groups is 1. The van der Waals surface area contributed by atoms with Crippen molar-refractivity contribution < 1.29 is 9.53 Å². The van der Waals surface area contributed by atoms with Gasteiger partial charge in [-0.3, -0.25) is 0 Å². The maximum absolute atomic E-state index is 11.6. The van der Waals surface area contributed by atoms with E-state index in [9.17, 15) is 4.79 Å². The number of nitrogens with zero attached hydrogens (tertiary/aromatic N) is 3. The van der Waals surface area contributed by atoms with E-state index in [0.29, 0.717) is 6.54 Å². The van der Waals surface area contributed by atoms with Gasteiger partial charge in [0, 0.05) is 13.1 Å². The van der Waals surface area contributed by atoms with Crippen molar-refractivity contribution in [3.63, 3.8) is 0 Å². The number of benzene rings is 2. The zero-order chi connectivity index (χ0) is 21.1. The zero-order valence-corrected chi connectivity index (χ0v) is 17.9. The fourth-order valence-electron chi connectivity index (χ4n) is 2.62. The molecule has 0 fully saturated rings. The Hall–Kier alpha value is -2.73. The van der Waals surface area contributed by atoms with Gasteiger partial charge in [-0.1, -0.05) is 30.3 Å². The largest absolute Gasteiger partial charge is 0.444 e. The van der Waals surface area contributed by atoms with Gasteiger partial charge in [-0.25, -0.2) is 4.79 Å². The molecule has 6 heteroatoms. The first-order valence-corrected chi connectivity index (χ1v) is 10.0. The smallest absolute Gasteiger partial charge is 0.407 e. The monoisotopic (exact) mass is 396 g/mol. The number of hydrogen-bond acceptors (Lipinski definition) is 5. The van der Waals surface area contributed by atoms with Gasteiger partial charge in [0.15, 0.2) is 0 Å². The molecule has 0 unspecified atom stereocenters. The SMILES string of the molecule is CN(CCCNC(=O)OC(C)(C)C)CCc1ccc(N=Nc2ccccc2)cc1. The van der Waals surface area contributed by atoms with E-state index in [-0.39, 0.29) is 6.09 Å². The van der Waals surface area contributed by atoms with Gasteiger partial charge in [0.25, 0.3) is 0 Å². The number of nitrogens with one attached hydrogen (secondary N) is 1. The molecular weight excluding hydrogens is 364 g/mol. The van der Waals surface area contributed by atoms with Crippen LogP contribution in [0.25, 0.3) is 0 Å². The van der Waals surface area contributed by atoms with Crippen molar-refractivity contribution in [2.75, 3.05) is 26.7 Å². The lowest BCUT2D eigenvalue weighted by atomic mass is 10.1. The molecule has 6 nitrogen and oxygen atoms in total. The number of likely N-dealkylation sites (N-methyl/N-ethyl adjacent to an activating group) is 1. The lowest BCUT2D eigenvalue weighted by molar-refractivity contribution is 0.0526. The summed E-state index contributed by atoms with van der Waals surface area (Å²) >= 11 is 0. The van der Waals surface area contributed by atoms with Crippen LogP contribution in [0.2, 0.25) is 0 Å². The Kier molecular flexibility index (Phi) is 8.80. The molecule has 0 bridgehead atoms. The Balaban J connectivity index is 1.65. The summed E-state index contributed by atoms with van der Waals surface area (Å²) in [6, 6.07) is 17.9. The quantitative estimate of drug-likeness (QED) is 0.450. The zero-order valence-electron chi connectivity index (χ0n) is 17.9. The van der Waals surface area contributed by atoms with Crippen LogP contribution in [0.15, 0.2) is 64.8 Å². The summed E-state index contributed by atoms with van der Waals surface area (Å²) in [6.45, 7) is 8.06. The van der Waals surface area contributed by atoms with Crippen LogP contribution >= 0.6 is 0 Å². The molecule has 0 spiro atoms. The van der Waals surface area contributed by atoms with Crippen molar-refractivity contribution in [2.24, 2.45) is 10.2 Å². The highest BCUT2D eigenvalue weighted by molar-refractivity contribution is 5.67. The number of rotatable bonds is 9. The number of hydrogen-bond donors (Lipinski definition) is 1. The highest BCUT2D eigenvalue weighted by Gasteiger charge is 2.15. The van der Waals surface area contributed by atoms with E-state index in [1.54, 1.807) is 0 Å². The molecule has 0 radical (unpaired) electrons. The fraction of sp³-hybridized carbons (Fsp3) is 0.435. The lowest BCUT2D eigenvalue weighted by Gasteiger charge is -2.20. The Morgan fingerprint density at radius 3 is 2.21 bits per heavy atom. The standard InChI is InChI=1S/C23H32N4O2/c1-23(2,3)29-22(28)24-16-8-17-27(4)18-15-19-11-13-21(14-12-19)26-25-20-9-6-5-7-10-20/h5-7,9-14H,8,15-18H2,1-4H3,(H,24,28). The van der Waals surface area contributed by atoms with Gasteiger partial charge >= 0.3 is 6.09 Å². The van der Waals surface area contributed by atoms with Crippen LogP contribution in [-0.2, 0) is 11.2 Å². The molecule has 0 saturated carbocycles. The predicted octanol–water partition coefficient (Wildman–Crippen LogP) is 5.49. The van der Waals surface area contributed by atoms with Gasteiger partial charge in [0.05, 0.1) is 11.4 Å². The lowest BCUT2D eigenvalue weighted by Crippen LogP contribution is -2.34. The van der Waals surface area contributed by atoms with Gasteiger partial charge in [-0.05, 0) is 77.0 Å². The number of carbonyl (C=O) groups excluding carboxylic acids is 1. The molecule has 1 amide bonds. The first-order valence-electron chi connectivity index (χ1n) is 10.0. The molecule has 0 heterocycles. The van der Waals surface area contributed by atoms with Crippen molar-refractivity contribution in [1.29, 1.82) is 0 Å². The normalized spacial score (nSPS) is 11.8. The minimum absolute atomic E-state index is 0.357. The summed E-state index contributed by atoms with van der Waals surface area (Å²) < 4.78 is 5.22. The molecule has 2 aromatic rings. The molecule has 0 aromatic heterocycles. The van der Waals surface area contributed by atoms with Gasteiger partial charge in [-0.2, -0.15) is 10.2 Å². The van der Waals surface area contributed by atoms with Crippen LogP contribution in [0.1, 0.15) is 32.8 Å². The second-order valence-corrected chi connectivity index (χ2v) is 8.04. The predicted molar refractivity (Wildman–Crippen MR) is 117 cm³/mol. The third-order valence-electron chi connectivity index (χ3n) is 4.14. The van der Waals surface area contributed by atoms with E-state index < -0.39 is 5.60 Å². The number of amides is 1. The molecule has 1 N–H and O–H groups in total. The molecule has 0 saturated heterocycles. The van der Waals surface area contributed by atoms with Crippen LogP contribution in [0.5, 0.6) is 0 Å². The van der Waals surface area contributed by atoms with Crippen LogP contribution in [-0.4, -0.2) is 43.3 Å². The first kappa shape index (κ1) is 22.6. The van der Waals surface area contributed by atoms with E-state index >= 15 is 0 Å². The average molecular weight is 397 g/mol. The summed E-state index contributed by atoms with van der Waals surface area (Å²) in [5.41, 5.74) is 2.50. The second-order valence-electron chi connectivity index (χ2n) is 8.04. The Labute approximate surface area is 174 Å².